The summed E-state index contributed by atoms with van der Waals surface area (Å²) in [5, 5.41) is 22.4. The van der Waals surface area contributed by atoms with Crippen molar-refractivity contribution in [3.8, 4) is 6.07 Å². The largest absolute Gasteiger partial charge is 0.459 e. The van der Waals surface area contributed by atoms with Crippen LogP contribution in [0.4, 0.5) is 0 Å². The molecular formula is C46H82N4O13. The van der Waals surface area contributed by atoms with Gasteiger partial charge < -0.3 is 62.3 Å². The highest BCUT2D eigenvalue weighted by Crippen LogP contribution is 2.43. The average molecular weight is 899 g/mol. The van der Waals surface area contributed by atoms with Crippen LogP contribution < -0.4 is 0 Å². The molecule has 4 aliphatic rings. The third-order valence-electron chi connectivity index (χ3n) is 13.9. The Kier molecular flexibility index (Phi) is 18.8. The van der Waals surface area contributed by atoms with Crippen LogP contribution in [0.15, 0.2) is 0 Å². The van der Waals surface area contributed by atoms with Gasteiger partial charge in [-0.15, -0.1) is 0 Å². The molecule has 0 saturated carbocycles. The number of rotatable bonds is 12. The molecule has 1 N–H and O–H groups in total. The number of carbonyl (C=O) groups excluding carboxylic acids is 2. The van der Waals surface area contributed by atoms with Gasteiger partial charge in [0, 0.05) is 45.0 Å². The molecule has 17 nitrogen and oxygen atoms in total. The fourth-order valence-electron chi connectivity index (χ4n) is 10.5. The van der Waals surface area contributed by atoms with Crippen molar-refractivity contribution in [3.05, 3.63) is 0 Å². The van der Waals surface area contributed by atoms with Crippen molar-refractivity contribution in [1.29, 1.82) is 5.26 Å². The number of cyclic esters (lactones) is 1. The molecule has 364 valence electrons. The summed E-state index contributed by atoms with van der Waals surface area (Å²) in [5.41, 5.74) is -3.59. The van der Waals surface area contributed by atoms with Crippen LogP contribution in [-0.2, 0) is 57.0 Å². The number of likely N-dealkylation sites (N-methyl/N-ethyl adjacent to an activating group) is 2. The highest BCUT2D eigenvalue weighted by Gasteiger charge is 2.58. The lowest BCUT2D eigenvalue weighted by Gasteiger charge is -2.49. The maximum Gasteiger partial charge on any atom is 0.311 e. The van der Waals surface area contributed by atoms with E-state index in [9.17, 15) is 20.0 Å². The van der Waals surface area contributed by atoms with Crippen molar-refractivity contribution in [2.75, 3.05) is 55.5 Å². The van der Waals surface area contributed by atoms with E-state index in [1.165, 1.54) is 6.92 Å². The van der Waals surface area contributed by atoms with Crippen molar-refractivity contribution in [2.24, 2.45) is 17.8 Å². The summed E-state index contributed by atoms with van der Waals surface area (Å²) in [6.07, 6.45) is -6.30. The number of hydrogen-bond donors (Lipinski definition) is 1. The fraction of sp³-hybridized carbons (Fsp3) is 0.935. The van der Waals surface area contributed by atoms with Gasteiger partial charge in [0.15, 0.2) is 18.7 Å². The molecule has 1 unspecified atom stereocenters. The van der Waals surface area contributed by atoms with Gasteiger partial charge in [0.1, 0.15) is 29.5 Å². The van der Waals surface area contributed by atoms with E-state index in [1.54, 1.807) is 27.9 Å². The van der Waals surface area contributed by atoms with Crippen LogP contribution in [0.5, 0.6) is 0 Å². The molecule has 4 aliphatic heterocycles. The SMILES string of the molecule is CC[C@H]1OC(=O)[C@H](C)[C@@H](O[C@H]2C[C@@](C)(OC)[C@@H](OC(C)=O)[C@H](C)O2)[C@H](C)[C@@H](O[C@@H]2O[C@H](C)C[C@H](N(C)C)[C@H]2OCCC#N)[C@](C)(O)C[C@@H](C)CN(C)[C@H](C)[C@H]2OC(N(C)C)O[C@@]21C. The van der Waals surface area contributed by atoms with Gasteiger partial charge in [0.2, 0.25) is 6.41 Å². The summed E-state index contributed by atoms with van der Waals surface area (Å²) in [6.45, 7) is 21.2. The van der Waals surface area contributed by atoms with E-state index in [0.717, 1.165) is 0 Å². The maximum atomic E-state index is 14.9. The standard InChI is InChI=1S/C46H82N4O13/c1-18-34-46(11)39(62-43(63-46)49(14)15)30(6)50(16)25-26(2)23-44(9,53)38(61-42-37(55-21-19-20-47)33(48(12)13)22-27(3)56-42)28(4)36(29(5)41(52)59-34)60-35-24-45(10,54-17)40(31(7)57-35)58-32(8)51/h26-31,33-40,42-43,53H,18-19,21-25H2,1-17H3/t26-,27-,28+,29-,30-,31+,33+,34-,35+,36+,37-,38-,39-,40+,42+,43?,44-,45-,46-/m1/s1. The minimum absolute atomic E-state index is 0.0720. The van der Waals surface area contributed by atoms with Crippen LogP contribution in [-0.4, -0.2) is 184 Å². The summed E-state index contributed by atoms with van der Waals surface area (Å²) in [5.74, 6) is -2.75. The first-order valence-corrected chi connectivity index (χ1v) is 23.0. The van der Waals surface area contributed by atoms with Crippen molar-refractivity contribution >= 4 is 11.9 Å². The number of nitriles is 1. The Morgan fingerprint density at radius 1 is 0.968 bits per heavy atom. The number of ether oxygens (including phenoxy) is 10. The topological polar surface area (TPSA) is 180 Å². The lowest BCUT2D eigenvalue weighted by Crippen LogP contribution is -2.61. The molecule has 4 saturated heterocycles. The molecule has 0 aromatic carbocycles. The third-order valence-corrected chi connectivity index (χ3v) is 13.9. The van der Waals surface area contributed by atoms with Gasteiger partial charge in [-0.05, 0) is 109 Å². The molecule has 0 spiro atoms. The zero-order valence-corrected chi connectivity index (χ0v) is 41.3. The van der Waals surface area contributed by atoms with Gasteiger partial charge in [-0.25, -0.2) is 0 Å². The monoisotopic (exact) mass is 899 g/mol. The van der Waals surface area contributed by atoms with E-state index in [1.807, 2.05) is 74.8 Å². The minimum atomic E-state index is -1.53. The number of aliphatic hydroxyl groups is 1. The number of nitrogens with zero attached hydrogens (tertiary/aromatic N) is 4. The van der Waals surface area contributed by atoms with Crippen molar-refractivity contribution < 1.29 is 62.1 Å². The van der Waals surface area contributed by atoms with Crippen LogP contribution in [0, 0.1) is 29.1 Å². The van der Waals surface area contributed by atoms with Crippen LogP contribution in [0.2, 0.25) is 0 Å². The first-order valence-electron chi connectivity index (χ1n) is 23.0. The van der Waals surface area contributed by atoms with Gasteiger partial charge in [-0.3, -0.25) is 14.5 Å². The molecule has 4 rings (SSSR count). The van der Waals surface area contributed by atoms with Crippen molar-refractivity contribution in [2.45, 2.75) is 205 Å². The molecule has 0 aromatic heterocycles. The van der Waals surface area contributed by atoms with Crippen LogP contribution in [0.1, 0.15) is 108 Å². The van der Waals surface area contributed by atoms with E-state index < -0.39 is 102 Å². The molecule has 0 aromatic rings. The lowest BCUT2D eigenvalue weighted by molar-refractivity contribution is -0.321. The Balaban J connectivity index is 1.88. The lowest BCUT2D eigenvalue weighted by atomic mass is 9.77. The molecule has 0 amide bonds. The molecule has 0 aliphatic carbocycles. The molecule has 19 atom stereocenters. The smallest absolute Gasteiger partial charge is 0.311 e. The number of fused-ring (bicyclic) bond motifs is 1. The summed E-state index contributed by atoms with van der Waals surface area (Å²) >= 11 is 0. The Morgan fingerprint density at radius 3 is 2.21 bits per heavy atom. The Hall–Kier alpha value is -2.05. The Bertz CT molecular complexity index is 1530. The van der Waals surface area contributed by atoms with Crippen LogP contribution in [0.3, 0.4) is 0 Å². The summed E-state index contributed by atoms with van der Waals surface area (Å²) in [7, 11) is 11.3. The zero-order chi connectivity index (χ0) is 47.4. The van der Waals surface area contributed by atoms with Gasteiger partial charge in [-0.2, -0.15) is 5.26 Å². The zero-order valence-electron chi connectivity index (χ0n) is 41.3. The van der Waals surface area contributed by atoms with Gasteiger partial charge in [0.25, 0.3) is 0 Å². The molecule has 17 heteroatoms. The van der Waals surface area contributed by atoms with E-state index in [4.69, 9.17) is 47.4 Å². The summed E-state index contributed by atoms with van der Waals surface area (Å²) < 4.78 is 65.1. The second-order valence-electron chi connectivity index (χ2n) is 20.0. The maximum absolute atomic E-state index is 14.9. The third kappa shape index (κ3) is 12.5. The highest BCUT2D eigenvalue weighted by molar-refractivity contribution is 5.73. The van der Waals surface area contributed by atoms with E-state index in [0.29, 0.717) is 25.8 Å². The Morgan fingerprint density at radius 2 is 1.63 bits per heavy atom. The van der Waals surface area contributed by atoms with E-state index in [-0.39, 0.29) is 43.6 Å². The van der Waals surface area contributed by atoms with Gasteiger partial charge in [-0.1, -0.05) is 20.8 Å². The molecule has 0 bridgehead atoms. The van der Waals surface area contributed by atoms with Gasteiger partial charge >= 0.3 is 11.9 Å². The second kappa shape index (κ2) is 22.2. The molecule has 0 radical (unpaired) electrons. The quantitative estimate of drug-likeness (QED) is 0.216. The van der Waals surface area contributed by atoms with Gasteiger partial charge in [0.05, 0.1) is 55.0 Å². The molecular weight excluding hydrogens is 817 g/mol. The number of esters is 2. The molecule has 63 heavy (non-hydrogen) atoms. The minimum Gasteiger partial charge on any atom is -0.459 e. The summed E-state index contributed by atoms with van der Waals surface area (Å²) in [6, 6.07) is 1.84. The number of hydrogen-bond acceptors (Lipinski definition) is 17. The molecule has 4 heterocycles. The normalized spacial score (nSPS) is 44.9. The predicted octanol–water partition coefficient (Wildman–Crippen LogP) is 4.32. The second-order valence-corrected chi connectivity index (χ2v) is 20.0. The van der Waals surface area contributed by atoms with E-state index in [2.05, 4.69) is 29.7 Å². The van der Waals surface area contributed by atoms with Crippen LogP contribution in [0.25, 0.3) is 0 Å². The van der Waals surface area contributed by atoms with Crippen LogP contribution >= 0.6 is 0 Å². The average Bonchev–Trinajstić information content (AvgIpc) is 3.56. The van der Waals surface area contributed by atoms with Crippen molar-refractivity contribution in [3.63, 3.8) is 0 Å². The molecule has 4 fully saturated rings. The fourth-order valence-corrected chi connectivity index (χ4v) is 10.5. The van der Waals surface area contributed by atoms with E-state index >= 15 is 0 Å². The first-order chi connectivity index (χ1) is 29.3. The first kappa shape index (κ1) is 53.6. The number of carbonyl (C=O) groups is 2. The summed E-state index contributed by atoms with van der Waals surface area (Å²) in [4.78, 5) is 33.2. The highest BCUT2D eigenvalue weighted by atomic mass is 16.8. The number of methoxy groups -OCH3 is 1. The van der Waals surface area contributed by atoms with Crippen molar-refractivity contribution in [1.82, 2.24) is 14.7 Å². The predicted molar refractivity (Wildman–Crippen MR) is 233 cm³/mol. The Labute approximate surface area is 377 Å².